The molecule has 17 heavy (non-hydrogen) atoms. The van der Waals surface area contributed by atoms with Crippen molar-refractivity contribution in [3.63, 3.8) is 0 Å². The molecule has 1 aromatic rings. The number of hydrogen-bond donors (Lipinski definition) is 0. The molecule has 96 valence electrons. The Morgan fingerprint density at radius 1 is 1.41 bits per heavy atom. The van der Waals surface area contributed by atoms with Gasteiger partial charge in [-0.3, -0.25) is 0 Å². The average Bonchev–Trinajstić information content (AvgIpc) is 2.78. The molecule has 2 atom stereocenters. The second-order valence-corrected chi connectivity index (χ2v) is 7.42. The first-order valence-corrected chi connectivity index (χ1v) is 7.56. The molecule has 2 heterocycles. The van der Waals surface area contributed by atoms with Gasteiger partial charge in [0.05, 0.1) is 12.0 Å². The molecule has 1 saturated heterocycles. The number of thiophene rings is 1. The minimum Gasteiger partial charge on any atom is -0.381 e. The summed E-state index contributed by atoms with van der Waals surface area (Å²) < 4.78 is 5.52. The molecule has 1 fully saturated rings. The van der Waals surface area contributed by atoms with E-state index < -0.39 is 0 Å². The van der Waals surface area contributed by atoms with Crippen LogP contribution < -0.4 is 0 Å². The van der Waals surface area contributed by atoms with Crippen LogP contribution in [0.5, 0.6) is 0 Å². The third-order valence-electron chi connectivity index (χ3n) is 3.25. The molecule has 1 aliphatic heterocycles. The van der Waals surface area contributed by atoms with Crippen LogP contribution >= 0.6 is 22.9 Å². The maximum atomic E-state index is 6.58. The van der Waals surface area contributed by atoms with E-state index in [0.717, 1.165) is 19.6 Å². The number of halogens is 1. The lowest BCUT2D eigenvalue weighted by atomic mass is 9.94. The second-order valence-electron chi connectivity index (χ2n) is 5.83. The van der Waals surface area contributed by atoms with Crippen molar-refractivity contribution in [1.82, 2.24) is 0 Å². The van der Waals surface area contributed by atoms with Crippen molar-refractivity contribution in [3.8, 4) is 0 Å². The van der Waals surface area contributed by atoms with E-state index in [0.29, 0.717) is 5.92 Å². The van der Waals surface area contributed by atoms with E-state index in [1.54, 1.807) is 0 Å². The normalized spacial score (nSPS) is 23.6. The summed E-state index contributed by atoms with van der Waals surface area (Å²) in [6.45, 7) is 8.45. The fourth-order valence-corrected chi connectivity index (χ4v) is 3.68. The third kappa shape index (κ3) is 3.24. The molecule has 0 N–H and O–H groups in total. The van der Waals surface area contributed by atoms with E-state index in [1.807, 2.05) is 11.3 Å². The highest BCUT2D eigenvalue weighted by Crippen LogP contribution is 2.40. The van der Waals surface area contributed by atoms with Crippen molar-refractivity contribution in [3.05, 3.63) is 21.9 Å². The number of rotatable bonds is 2. The predicted molar refractivity (Wildman–Crippen MR) is 75.2 cm³/mol. The predicted octanol–water partition coefficient (Wildman–Crippen LogP) is 4.75. The molecule has 0 saturated carbocycles. The van der Waals surface area contributed by atoms with Gasteiger partial charge in [-0.15, -0.1) is 22.9 Å². The Bertz CT molecular complexity index is 361. The minimum atomic E-state index is 0.122. The third-order valence-corrected chi connectivity index (χ3v) is 5.56. The van der Waals surface area contributed by atoms with Crippen molar-refractivity contribution in [2.45, 2.75) is 44.4 Å². The van der Waals surface area contributed by atoms with Crippen molar-refractivity contribution in [1.29, 1.82) is 0 Å². The van der Waals surface area contributed by atoms with Crippen LogP contribution in [0.1, 0.15) is 48.7 Å². The molecule has 0 aromatic carbocycles. The van der Waals surface area contributed by atoms with Crippen LogP contribution in [0.3, 0.4) is 0 Å². The van der Waals surface area contributed by atoms with Crippen LogP contribution in [-0.2, 0) is 10.2 Å². The molecule has 0 amide bonds. The maximum absolute atomic E-state index is 6.58. The highest BCUT2D eigenvalue weighted by atomic mass is 35.5. The van der Waals surface area contributed by atoms with Gasteiger partial charge in [0.15, 0.2) is 0 Å². The molecule has 0 aliphatic carbocycles. The Labute approximate surface area is 113 Å². The Kier molecular flexibility index (Phi) is 4.17. The molecule has 0 bridgehead atoms. The first kappa shape index (κ1) is 13.4. The summed E-state index contributed by atoms with van der Waals surface area (Å²) >= 11 is 8.43. The minimum absolute atomic E-state index is 0.122. The summed E-state index contributed by atoms with van der Waals surface area (Å²) in [7, 11) is 0. The van der Waals surface area contributed by atoms with E-state index >= 15 is 0 Å². The first-order valence-electron chi connectivity index (χ1n) is 6.30. The van der Waals surface area contributed by atoms with Crippen LogP contribution in [0.25, 0.3) is 0 Å². The maximum Gasteiger partial charge on any atom is 0.0728 e. The zero-order chi connectivity index (χ0) is 12.5. The summed E-state index contributed by atoms with van der Waals surface area (Å²) in [4.78, 5) is 2.71. The largest absolute Gasteiger partial charge is 0.381 e. The number of ether oxygens (including phenoxy) is 1. The monoisotopic (exact) mass is 272 g/mol. The Morgan fingerprint density at radius 3 is 2.71 bits per heavy atom. The zero-order valence-corrected chi connectivity index (χ0v) is 12.4. The van der Waals surface area contributed by atoms with E-state index in [4.69, 9.17) is 16.3 Å². The molecule has 1 aromatic heterocycles. The number of alkyl halides is 1. The van der Waals surface area contributed by atoms with E-state index in [-0.39, 0.29) is 10.8 Å². The smallest absolute Gasteiger partial charge is 0.0728 e. The second kappa shape index (κ2) is 5.29. The van der Waals surface area contributed by atoms with Gasteiger partial charge < -0.3 is 4.74 Å². The van der Waals surface area contributed by atoms with Gasteiger partial charge in [0.2, 0.25) is 0 Å². The fraction of sp³-hybridized carbons (Fsp3) is 0.714. The lowest BCUT2D eigenvalue weighted by Gasteiger charge is -2.25. The van der Waals surface area contributed by atoms with Gasteiger partial charge >= 0.3 is 0 Å². The summed E-state index contributed by atoms with van der Waals surface area (Å²) in [6.07, 6.45) is 2.34. The van der Waals surface area contributed by atoms with Crippen LogP contribution in [-0.4, -0.2) is 13.2 Å². The van der Waals surface area contributed by atoms with Gasteiger partial charge in [-0.25, -0.2) is 0 Å². The van der Waals surface area contributed by atoms with E-state index in [2.05, 4.69) is 32.9 Å². The quantitative estimate of drug-likeness (QED) is 0.706. The summed E-state index contributed by atoms with van der Waals surface area (Å²) in [5, 5.41) is 0.122. The lowest BCUT2D eigenvalue weighted by molar-refractivity contribution is 0.0534. The van der Waals surface area contributed by atoms with Gasteiger partial charge in [-0.2, -0.15) is 0 Å². The molecule has 2 rings (SSSR count). The Hall–Kier alpha value is -0.0500. The summed E-state index contributed by atoms with van der Waals surface area (Å²) in [5.74, 6) is 0.483. The molecular formula is C14H21ClOS. The van der Waals surface area contributed by atoms with Gasteiger partial charge in [-0.1, -0.05) is 20.8 Å². The lowest BCUT2D eigenvalue weighted by Crippen LogP contribution is -2.20. The zero-order valence-electron chi connectivity index (χ0n) is 10.8. The molecule has 2 unspecified atom stereocenters. The molecule has 1 nitrogen and oxygen atoms in total. The summed E-state index contributed by atoms with van der Waals surface area (Å²) in [5.41, 5.74) is 0.225. The number of hydrogen-bond acceptors (Lipinski definition) is 2. The topological polar surface area (TPSA) is 9.23 Å². The highest BCUT2D eigenvalue weighted by Gasteiger charge is 2.26. The fourth-order valence-electron chi connectivity index (χ4n) is 2.13. The van der Waals surface area contributed by atoms with E-state index in [1.165, 1.54) is 16.2 Å². The van der Waals surface area contributed by atoms with Crippen molar-refractivity contribution >= 4 is 22.9 Å². The van der Waals surface area contributed by atoms with Crippen molar-refractivity contribution in [2.24, 2.45) is 5.92 Å². The van der Waals surface area contributed by atoms with Gasteiger partial charge in [-0.05, 0) is 30.4 Å². The highest BCUT2D eigenvalue weighted by molar-refractivity contribution is 7.12. The van der Waals surface area contributed by atoms with Gasteiger partial charge in [0.25, 0.3) is 0 Å². The molecule has 0 radical (unpaired) electrons. The van der Waals surface area contributed by atoms with E-state index in [9.17, 15) is 0 Å². The Morgan fingerprint density at radius 2 is 2.18 bits per heavy atom. The summed E-state index contributed by atoms with van der Waals surface area (Å²) in [6, 6.07) is 4.41. The standard InChI is InChI=1S/C14H21ClOS/c1-14(2,3)12-7-6-11(17-12)13(15)10-5-4-8-16-9-10/h6-7,10,13H,4-5,8-9H2,1-3H3. The van der Waals surface area contributed by atoms with Crippen LogP contribution in [0.2, 0.25) is 0 Å². The molecular weight excluding hydrogens is 252 g/mol. The van der Waals surface area contributed by atoms with Crippen LogP contribution in [0.4, 0.5) is 0 Å². The van der Waals surface area contributed by atoms with Crippen LogP contribution in [0.15, 0.2) is 12.1 Å². The molecule has 1 aliphatic rings. The molecule has 0 spiro atoms. The van der Waals surface area contributed by atoms with Gasteiger partial charge in [0, 0.05) is 22.3 Å². The Balaban J connectivity index is 2.08. The molecule has 3 heteroatoms. The average molecular weight is 273 g/mol. The SMILES string of the molecule is CC(C)(C)c1ccc(C(Cl)C2CCCOC2)s1. The van der Waals surface area contributed by atoms with Crippen LogP contribution in [0, 0.1) is 5.92 Å². The van der Waals surface area contributed by atoms with Crippen molar-refractivity contribution in [2.75, 3.05) is 13.2 Å². The van der Waals surface area contributed by atoms with Crippen molar-refractivity contribution < 1.29 is 4.74 Å². The first-order chi connectivity index (χ1) is 7.98. The van der Waals surface area contributed by atoms with Gasteiger partial charge in [0.1, 0.15) is 0 Å².